The van der Waals surface area contributed by atoms with Crippen LogP contribution in [-0.2, 0) is 24.6 Å². The van der Waals surface area contributed by atoms with Crippen molar-refractivity contribution in [3.8, 4) is 34.1 Å². The summed E-state index contributed by atoms with van der Waals surface area (Å²) in [6.07, 6.45) is 0. The Bertz CT molecular complexity index is 2060. The van der Waals surface area contributed by atoms with Gasteiger partial charge in [0.05, 0.1) is 5.41 Å². The van der Waals surface area contributed by atoms with Gasteiger partial charge in [0.2, 0.25) is 0 Å². The zero-order valence-corrected chi connectivity index (χ0v) is 29.5. The van der Waals surface area contributed by atoms with Crippen molar-refractivity contribution in [2.24, 2.45) is 0 Å². The van der Waals surface area contributed by atoms with Gasteiger partial charge in [-0.1, -0.05) is 87.0 Å². The van der Waals surface area contributed by atoms with Crippen LogP contribution in [0.2, 0.25) is 0 Å². The maximum Gasteiger partial charge on any atom is 0.338 e. The van der Waals surface area contributed by atoms with Gasteiger partial charge in [-0.25, -0.2) is 19.2 Å². The van der Waals surface area contributed by atoms with Crippen molar-refractivity contribution >= 4 is 23.9 Å². The summed E-state index contributed by atoms with van der Waals surface area (Å²) in [4.78, 5) is 51.6. The molecule has 51 heavy (non-hydrogen) atoms. The Morgan fingerprint density at radius 2 is 0.804 bits per heavy atom. The zero-order chi connectivity index (χ0) is 37.4. The van der Waals surface area contributed by atoms with Gasteiger partial charge in [-0.15, -0.1) is 0 Å². The molecule has 0 amide bonds. The van der Waals surface area contributed by atoms with E-state index in [0.29, 0.717) is 22.3 Å². The molecule has 0 N–H and O–H groups in total. The van der Waals surface area contributed by atoms with Crippen LogP contribution in [0.25, 0.3) is 11.1 Å². The van der Waals surface area contributed by atoms with Crippen molar-refractivity contribution in [2.45, 2.75) is 47.0 Å². The second-order valence-electron chi connectivity index (χ2n) is 12.8. The topological polar surface area (TPSA) is 105 Å². The SMILES string of the molecule is C=C(C)C(=O)Oc1cc(C2(c3cc(C)c(OC(=O)C(=C)C)c(OC(=O)C(=C)C)c3)c3ccccc3-c3ccccc32)cc(C)c1OC(=O)C(=C)C. The molecule has 0 radical (unpaired) electrons. The van der Waals surface area contributed by atoms with Crippen molar-refractivity contribution in [2.75, 3.05) is 0 Å². The van der Waals surface area contributed by atoms with E-state index in [0.717, 1.165) is 22.3 Å². The second kappa shape index (κ2) is 13.9. The fourth-order valence-electron chi connectivity index (χ4n) is 6.09. The molecule has 8 heteroatoms. The molecule has 0 spiro atoms. The first kappa shape index (κ1) is 36.0. The summed E-state index contributed by atoms with van der Waals surface area (Å²) in [5.74, 6) is -2.73. The van der Waals surface area contributed by atoms with Crippen LogP contribution in [0.5, 0.6) is 23.0 Å². The van der Waals surface area contributed by atoms with E-state index in [2.05, 4.69) is 26.3 Å². The van der Waals surface area contributed by atoms with Gasteiger partial charge in [0, 0.05) is 22.3 Å². The Hall–Kier alpha value is -6.28. The number of ether oxygens (including phenoxy) is 4. The van der Waals surface area contributed by atoms with Crippen molar-refractivity contribution in [1.82, 2.24) is 0 Å². The minimum Gasteiger partial charge on any atom is -0.419 e. The molecule has 8 nitrogen and oxygen atoms in total. The molecule has 0 fully saturated rings. The Labute approximate surface area is 297 Å². The Morgan fingerprint density at radius 1 is 0.490 bits per heavy atom. The van der Waals surface area contributed by atoms with Gasteiger partial charge in [-0.3, -0.25) is 0 Å². The van der Waals surface area contributed by atoms with Gasteiger partial charge in [-0.05, 0) is 98.2 Å². The predicted octanol–water partition coefficient (Wildman–Crippen LogP) is 8.59. The Kier molecular flexibility index (Phi) is 9.83. The third-order valence-corrected chi connectivity index (χ3v) is 8.49. The number of esters is 4. The fraction of sp³-hybridized carbons (Fsp3) is 0.163. The fourth-order valence-corrected chi connectivity index (χ4v) is 6.09. The van der Waals surface area contributed by atoms with Crippen LogP contribution >= 0.6 is 0 Å². The monoisotopic (exact) mass is 682 g/mol. The average molecular weight is 683 g/mol. The van der Waals surface area contributed by atoms with Gasteiger partial charge in [0.15, 0.2) is 23.0 Å². The molecule has 1 aliphatic carbocycles. The molecule has 0 saturated carbocycles. The number of hydrogen-bond acceptors (Lipinski definition) is 8. The summed E-state index contributed by atoms with van der Waals surface area (Å²) in [6, 6.07) is 22.8. The summed E-state index contributed by atoms with van der Waals surface area (Å²) >= 11 is 0. The number of hydrogen-bond donors (Lipinski definition) is 0. The van der Waals surface area contributed by atoms with Gasteiger partial charge in [-0.2, -0.15) is 0 Å². The van der Waals surface area contributed by atoms with Gasteiger partial charge in [0.25, 0.3) is 0 Å². The number of aryl methyl sites for hydroxylation is 2. The summed E-state index contributed by atoms with van der Waals surface area (Å²) < 4.78 is 23.1. The van der Waals surface area contributed by atoms with Crippen LogP contribution in [0, 0.1) is 13.8 Å². The molecule has 4 aromatic carbocycles. The van der Waals surface area contributed by atoms with Crippen LogP contribution in [-0.4, -0.2) is 23.9 Å². The standard InChI is InChI=1S/C43H38O8/c1-23(2)39(44)48-35-21-29(19-27(9)37(35)50-41(46)25(5)6)43(33-17-13-11-15-31(33)32-16-12-14-18-34(32)43)30-20-28(10)38(51-42(47)26(7)8)36(22-30)49-40(45)24(3)4/h11-22H,1,3,5,7H2,2,4,6,8-10H3. The van der Waals surface area contributed by atoms with Crippen LogP contribution in [0.15, 0.2) is 121 Å². The van der Waals surface area contributed by atoms with E-state index in [1.54, 1.807) is 26.0 Å². The normalized spacial score (nSPS) is 12.1. The lowest BCUT2D eigenvalue weighted by atomic mass is 9.67. The molecule has 1 aliphatic rings. The molecule has 4 aromatic rings. The number of fused-ring (bicyclic) bond motifs is 3. The molecular weight excluding hydrogens is 644 g/mol. The quantitative estimate of drug-likeness (QED) is 0.0820. The van der Waals surface area contributed by atoms with Crippen molar-refractivity contribution in [3.05, 3.63) is 155 Å². The first-order valence-electron chi connectivity index (χ1n) is 16.1. The third-order valence-electron chi connectivity index (χ3n) is 8.49. The molecule has 0 saturated heterocycles. The molecule has 0 heterocycles. The van der Waals surface area contributed by atoms with E-state index in [1.807, 2.05) is 60.7 Å². The minimum atomic E-state index is -1.13. The van der Waals surface area contributed by atoms with Gasteiger partial charge >= 0.3 is 23.9 Å². The highest BCUT2D eigenvalue weighted by atomic mass is 16.6. The number of benzene rings is 4. The highest BCUT2D eigenvalue weighted by Gasteiger charge is 2.47. The number of rotatable bonds is 10. The molecule has 0 bridgehead atoms. The number of carbonyl (C=O) groups is 4. The summed E-state index contributed by atoms with van der Waals surface area (Å²) in [5.41, 5.74) is 5.36. The maximum atomic E-state index is 13.0. The van der Waals surface area contributed by atoms with Crippen LogP contribution in [0.1, 0.15) is 61.1 Å². The van der Waals surface area contributed by atoms with Gasteiger partial charge in [0.1, 0.15) is 0 Å². The second-order valence-corrected chi connectivity index (χ2v) is 12.8. The molecule has 258 valence electrons. The first-order valence-corrected chi connectivity index (χ1v) is 16.1. The minimum absolute atomic E-state index is 0.00787. The third kappa shape index (κ3) is 6.56. The van der Waals surface area contributed by atoms with Crippen LogP contribution in [0.3, 0.4) is 0 Å². The smallest absolute Gasteiger partial charge is 0.338 e. The van der Waals surface area contributed by atoms with Gasteiger partial charge < -0.3 is 18.9 Å². The molecule has 0 aromatic heterocycles. The molecule has 5 rings (SSSR count). The lowest BCUT2D eigenvalue weighted by Gasteiger charge is -2.35. The highest BCUT2D eigenvalue weighted by Crippen LogP contribution is 2.58. The lowest BCUT2D eigenvalue weighted by molar-refractivity contribution is -0.132. The Balaban J connectivity index is 1.92. The van der Waals surface area contributed by atoms with E-state index in [-0.39, 0.29) is 45.3 Å². The van der Waals surface area contributed by atoms with Crippen molar-refractivity contribution in [3.63, 3.8) is 0 Å². The maximum absolute atomic E-state index is 13.0. The number of carbonyl (C=O) groups excluding carboxylic acids is 4. The van der Waals surface area contributed by atoms with E-state index < -0.39 is 29.3 Å². The largest absolute Gasteiger partial charge is 0.419 e. The van der Waals surface area contributed by atoms with E-state index in [1.165, 1.54) is 27.7 Å². The highest BCUT2D eigenvalue weighted by molar-refractivity contribution is 5.94. The Morgan fingerprint density at radius 3 is 1.14 bits per heavy atom. The predicted molar refractivity (Wildman–Crippen MR) is 195 cm³/mol. The zero-order valence-electron chi connectivity index (χ0n) is 29.5. The van der Waals surface area contributed by atoms with Crippen molar-refractivity contribution < 1.29 is 38.1 Å². The molecular formula is C43H38O8. The lowest BCUT2D eigenvalue weighted by Crippen LogP contribution is -2.29. The van der Waals surface area contributed by atoms with E-state index >= 15 is 0 Å². The first-order chi connectivity index (χ1) is 24.1. The van der Waals surface area contributed by atoms with E-state index in [9.17, 15) is 19.2 Å². The molecule has 0 aliphatic heterocycles. The van der Waals surface area contributed by atoms with Crippen LogP contribution in [0.4, 0.5) is 0 Å². The molecule has 0 unspecified atom stereocenters. The summed E-state index contributed by atoms with van der Waals surface area (Å²) in [5, 5.41) is 0. The summed E-state index contributed by atoms with van der Waals surface area (Å²) in [7, 11) is 0. The van der Waals surface area contributed by atoms with Crippen LogP contribution < -0.4 is 18.9 Å². The van der Waals surface area contributed by atoms with Crippen molar-refractivity contribution in [1.29, 1.82) is 0 Å². The summed E-state index contributed by atoms with van der Waals surface area (Å²) in [6.45, 7) is 24.4. The molecule has 0 atom stereocenters. The average Bonchev–Trinajstić information content (AvgIpc) is 3.38. The van der Waals surface area contributed by atoms with E-state index in [4.69, 9.17) is 18.9 Å².